The van der Waals surface area contributed by atoms with Crippen LogP contribution in [-0.2, 0) is 19.4 Å². The summed E-state index contributed by atoms with van der Waals surface area (Å²) in [6.07, 6.45) is 4.07. The predicted molar refractivity (Wildman–Crippen MR) is 125 cm³/mol. The standard InChI is InChI=1S/C25H19N3O4S/c29-22(14-9-11-16(12-10-14)28(31)32)20-17-6-2-1-5-15(17)13-27-23(20)26-24(30)21-18-7-3-4-8-19(18)33-25(21)27/h1-2,5-6,9-12,20H,3-4,7-8,13H2. The Bertz CT molecular complexity index is 1520. The van der Waals surface area contributed by atoms with E-state index in [4.69, 9.17) is 0 Å². The number of ketones is 1. The second-order valence-corrected chi connectivity index (χ2v) is 9.64. The Morgan fingerprint density at radius 3 is 2.64 bits per heavy atom. The summed E-state index contributed by atoms with van der Waals surface area (Å²) in [6, 6.07) is 13.4. The largest absolute Gasteiger partial charge is 0.315 e. The first kappa shape index (κ1) is 20.0. The summed E-state index contributed by atoms with van der Waals surface area (Å²) >= 11 is 1.65. The number of Topliss-reactive ketones (excluding diaryl/α,β-unsaturated/α-hetero) is 1. The van der Waals surface area contributed by atoms with E-state index in [1.807, 2.05) is 28.8 Å². The fourth-order valence-corrected chi connectivity index (χ4v) is 6.49. The van der Waals surface area contributed by atoms with Gasteiger partial charge < -0.3 is 4.57 Å². The minimum atomic E-state index is -0.743. The summed E-state index contributed by atoms with van der Waals surface area (Å²) in [5.41, 5.74) is 2.99. The number of fused-ring (bicyclic) bond motifs is 6. The lowest BCUT2D eigenvalue weighted by Crippen LogP contribution is -2.30. The van der Waals surface area contributed by atoms with E-state index in [0.717, 1.165) is 47.2 Å². The topological polar surface area (TPSA) is 95.1 Å². The summed E-state index contributed by atoms with van der Waals surface area (Å²) in [4.78, 5) is 44.1. The minimum Gasteiger partial charge on any atom is -0.315 e. The van der Waals surface area contributed by atoms with Crippen LogP contribution < -0.4 is 5.56 Å². The van der Waals surface area contributed by atoms with Crippen molar-refractivity contribution in [3.05, 3.63) is 102 Å². The SMILES string of the molecule is O=C(c1ccc([N+](=O)[O-])cc1)C1c2ccccc2Cn2c1nc(=O)c1c3c(sc12)CCCC3. The third kappa shape index (κ3) is 3.05. The van der Waals surface area contributed by atoms with Crippen molar-refractivity contribution in [2.24, 2.45) is 0 Å². The van der Waals surface area contributed by atoms with Crippen LogP contribution in [0.2, 0.25) is 0 Å². The van der Waals surface area contributed by atoms with E-state index in [0.29, 0.717) is 23.3 Å². The fourth-order valence-electron chi connectivity index (χ4n) is 5.10. The first-order valence-corrected chi connectivity index (χ1v) is 11.8. The van der Waals surface area contributed by atoms with Crippen molar-refractivity contribution in [2.75, 3.05) is 0 Å². The molecule has 0 spiro atoms. The molecule has 164 valence electrons. The molecule has 2 aromatic carbocycles. The summed E-state index contributed by atoms with van der Waals surface area (Å²) in [6.45, 7) is 0.554. The Kier molecular flexibility index (Phi) is 4.51. The Balaban J connectivity index is 1.57. The van der Waals surface area contributed by atoms with Gasteiger partial charge in [-0.2, -0.15) is 4.98 Å². The molecule has 0 saturated carbocycles. The number of nitro benzene ring substituents is 1. The average molecular weight is 458 g/mol. The molecular formula is C25H19N3O4S. The van der Waals surface area contributed by atoms with Gasteiger partial charge in [0.1, 0.15) is 16.6 Å². The number of carbonyl (C=O) groups is 1. The van der Waals surface area contributed by atoms with Gasteiger partial charge in [0, 0.05) is 22.6 Å². The van der Waals surface area contributed by atoms with Crippen LogP contribution in [0.1, 0.15) is 56.5 Å². The number of nitro groups is 1. The van der Waals surface area contributed by atoms with E-state index in [2.05, 4.69) is 4.98 Å². The summed E-state index contributed by atoms with van der Waals surface area (Å²) < 4.78 is 2.04. The Morgan fingerprint density at radius 1 is 1.09 bits per heavy atom. The molecule has 33 heavy (non-hydrogen) atoms. The molecule has 6 rings (SSSR count). The smallest absolute Gasteiger partial charge is 0.282 e. The van der Waals surface area contributed by atoms with Gasteiger partial charge in [-0.3, -0.25) is 19.7 Å². The molecule has 0 saturated heterocycles. The average Bonchev–Trinajstić information content (AvgIpc) is 3.23. The van der Waals surface area contributed by atoms with Gasteiger partial charge in [-0.25, -0.2) is 0 Å². The maximum Gasteiger partial charge on any atom is 0.282 e. The van der Waals surface area contributed by atoms with Crippen LogP contribution >= 0.6 is 11.3 Å². The minimum absolute atomic E-state index is 0.0730. The van der Waals surface area contributed by atoms with Crippen molar-refractivity contribution in [3.8, 4) is 0 Å². The number of benzene rings is 2. The van der Waals surface area contributed by atoms with Gasteiger partial charge in [0.05, 0.1) is 16.9 Å². The highest BCUT2D eigenvalue weighted by molar-refractivity contribution is 7.18. The van der Waals surface area contributed by atoms with E-state index in [9.17, 15) is 19.7 Å². The molecule has 4 aromatic rings. The van der Waals surface area contributed by atoms with E-state index in [1.165, 1.54) is 29.1 Å². The number of rotatable bonds is 3. The molecule has 0 radical (unpaired) electrons. The van der Waals surface area contributed by atoms with Crippen molar-refractivity contribution >= 4 is 33.0 Å². The van der Waals surface area contributed by atoms with Gasteiger partial charge in [-0.05, 0) is 54.5 Å². The number of aryl methyl sites for hydroxylation is 2. The number of non-ortho nitro benzene ring substituents is 1. The zero-order valence-corrected chi connectivity index (χ0v) is 18.4. The second kappa shape index (κ2) is 7.45. The summed E-state index contributed by atoms with van der Waals surface area (Å²) in [7, 11) is 0. The molecule has 7 nitrogen and oxygen atoms in total. The van der Waals surface area contributed by atoms with Crippen LogP contribution in [0, 0.1) is 10.1 Å². The van der Waals surface area contributed by atoms with Crippen LogP contribution in [0.3, 0.4) is 0 Å². The lowest BCUT2D eigenvalue weighted by Gasteiger charge is -2.28. The summed E-state index contributed by atoms with van der Waals surface area (Å²) in [5, 5.41) is 11.7. The van der Waals surface area contributed by atoms with E-state index >= 15 is 0 Å². The van der Waals surface area contributed by atoms with E-state index < -0.39 is 10.8 Å². The zero-order valence-electron chi connectivity index (χ0n) is 17.6. The van der Waals surface area contributed by atoms with Gasteiger partial charge in [0.2, 0.25) is 0 Å². The first-order valence-electron chi connectivity index (χ1n) is 10.9. The molecule has 3 heterocycles. The molecule has 1 atom stereocenters. The zero-order chi connectivity index (χ0) is 22.7. The van der Waals surface area contributed by atoms with E-state index in [-0.39, 0.29) is 17.0 Å². The quantitative estimate of drug-likeness (QED) is 0.254. The van der Waals surface area contributed by atoms with Gasteiger partial charge in [0.25, 0.3) is 11.2 Å². The van der Waals surface area contributed by atoms with Crippen molar-refractivity contribution in [1.82, 2.24) is 9.55 Å². The third-order valence-electron chi connectivity index (χ3n) is 6.68. The predicted octanol–water partition coefficient (Wildman–Crippen LogP) is 4.62. The maximum atomic E-state index is 13.7. The summed E-state index contributed by atoms with van der Waals surface area (Å²) in [5.74, 6) is -0.515. The van der Waals surface area contributed by atoms with E-state index in [1.54, 1.807) is 11.3 Å². The van der Waals surface area contributed by atoms with Crippen LogP contribution in [0.15, 0.2) is 53.3 Å². The maximum absolute atomic E-state index is 13.7. The number of hydrogen-bond acceptors (Lipinski definition) is 6. The first-order chi connectivity index (χ1) is 16.0. The number of hydrogen-bond donors (Lipinski definition) is 0. The van der Waals surface area contributed by atoms with Crippen molar-refractivity contribution in [3.63, 3.8) is 0 Å². The molecule has 2 aliphatic rings. The third-order valence-corrected chi connectivity index (χ3v) is 8.00. The number of carbonyl (C=O) groups excluding carboxylic acids is 1. The second-order valence-electron chi connectivity index (χ2n) is 8.55. The Hall–Kier alpha value is -3.65. The molecule has 1 unspecified atom stereocenters. The number of aromatic nitrogens is 2. The van der Waals surface area contributed by atoms with Gasteiger partial charge >= 0.3 is 0 Å². The molecule has 2 aromatic heterocycles. The highest BCUT2D eigenvalue weighted by Crippen LogP contribution is 2.40. The van der Waals surface area contributed by atoms with Crippen molar-refractivity contribution in [2.45, 2.75) is 38.1 Å². The molecule has 0 amide bonds. The van der Waals surface area contributed by atoms with Gasteiger partial charge in [-0.15, -0.1) is 11.3 Å². The van der Waals surface area contributed by atoms with Crippen LogP contribution in [-0.4, -0.2) is 20.3 Å². The molecule has 0 bridgehead atoms. The normalized spacial score (nSPS) is 16.7. The van der Waals surface area contributed by atoms with Crippen molar-refractivity contribution < 1.29 is 9.72 Å². The monoisotopic (exact) mass is 457 g/mol. The molecular weight excluding hydrogens is 438 g/mol. The lowest BCUT2D eigenvalue weighted by molar-refractivity contribution is -0.384. The number of thiophene rings is 1. The van der Waals surface area contributed by atoms with Gasteiger partial charge in [-0.1, -0.05) is 24.3 Å². The fraction of sp³-hybridized carbons (Fsp3) is 0.240. The molecule has 1 aliphatic carbocycles. The van der Waals surface area contributed by atoms with Crippen LogP contribution in [0.4, 0.5) is 5.69 Å². The van der Waals surface area contributed by atoms with Gasteiger partial charge in [0.15, 0.2) is 5.78 Å². The Labute approximate surface area is 192 Å². The Morgan fingerprint density at radius 2 is 1.85 bits per heavy atom. The number of nitrogens with zero attached hydrogens (tertiary/aromatic N) is 3. The van der Waals surface area contributed by atoms with Crippen LogP contribution in [0.5, 0.6) is 0 Å². The lowest BCUT2D eigenvalue weighted by atomic mass is 9.84. The van der Waals surface area contributed by atoms with Crippen LogP contribution in [0.25, 0.3) is 10.2 Å². The molecule has 0 N–H and O–H groups in total. The molecule has 0 fully saturated rings. The van der Waals surface area contributed by atoms with Crippen molar-refractivity contribution in [1.29, 1.82) is 0 Å². The molecule has 1 aliphatic heterocycles. The highest BCUT2D eigenvalue weighted by Gasteiger charge is 2.35. The highest BCUT2D eigenvalue weighted by atomic mass is 32.1. The molecule has 8 heteroatoms.